The smallest absolute Gasteiger partial charge is 0.251 e. The minimum Gasteiger partial charge on any atom is -0.494 e. The number of ether oxygens (including phenoxy) is 3. The molecule has 1 aromatic heterocycles. The summed E-state index contributed by atoms with van der Waals surface area (Å²) in [5.41, 5.74) is 2.56. The molecule has 34 heavy (non-hydrogen) atoms. The first-order valence-corrected chi connectivity index (χ1v) is 11.3. The summed E-state index contributed by atoms with van der Waals surface area (Å²) in [6, 6.07) is 23.0. The van der Waals surface area contributed by atoms with Gasteiger partial charge in [-0.3, -0.25) is 4.79 Å². The normalized spacial score (nSPS) is 10.8. The number of amides is 1. The van der Waals surface area contributed by atoms with Gasteiger partial charge in [-0.05, 0) is 48.9 Å². The lowest BCUT2D eigenvalue weighted by Crippen LogP contribution is -2.26. The quantitative estimate of drug-likeness (QED) is 0.335. The van der Waals surface area contributed by atoms with Crippen LogP contribution in [-0.2, 0) is 13.0 Å². The lowest BCUT2D eigenvalue weighted by atomic mass is 10.2. The van der Waals surface area contributed by atoms with Gasteiger partial charge in [0.25, 0.3) is 5.91 Å². The highest BCUT2D eigenvalue weighted by atomic mass is 16.5. The number of imidazole rings is 1. The minimum atomic E-state index is -0.167. The van der Waals surface area contributed by atoms with E-state index in [0.29, 0.717) is 36.6 Å². The van der Waals surface area contributed by atoms with Crippen LogP contribution in [0.15, 0.2) is 72.8 Å². The Labute approximate surface area is 199 Å². The summed E-state index contributed by atoms with van der Waals surface area (Å²) in [5.74, 6) is 2.75. The second-order valence-electron chi connectivity index (χ2n) is 7.76. The summed E-state index contributed by atoms with van der Waals surface area (Å²) < 4.78 is 18.6. The molecule has 0 unspecified atom stereocenters. The molecule has 1 amide bonds. The van der Waals surface area contributed by atoms with Gasteiger partial charge < -0.3 is 24.1 Å². The molecule has 1 heterocycles. The summed E-state index contributed by atoms with van der Waals surface area (Å²) in [6.45, 7) is 1.87. The van der Waals surface area contributed by atoms with Crippen molar-refractivity contribution in [1.82, 2.24) is 14.9 Å². The van der Waals surface area contributed by atoms with Gasteiger partial charge >= 0.3 is 0 Å². The monoisotopic (exact) mass is 459 g/mol. The molecule has 0 radical (unpaired) electrons. The van der Waals surface area contributed by atoms with Crippen LogP contribution in [0.4, 0.5) is 0 Å². The van der Waals surface area contributed by atoms with Crippen molar-refractivity contribution in [2.24, 2.45) is 0 Å². The highest BCUT2D eigenvalue weighted by Crippen LogP contribution is 2.27. The van der Waals surface area contributed by atoms with E-state index in [1.54, 1.807) is 32.4 Å². The van der Waals surface area contributed by atoms with Crippen LogP contribution < -0.4 is 19.5 Å². The van der Waals surface area contributed by atoms with Crippen molar-refractivity contribution in [2.75, 3.05) is 27.4 Å². The Morgan fingerprint density at radius 3 is 2.50 bits per heavy atom. The first-order chi connectivity index (χ1) is 16.7. The van der Waals surface area contributed by atoms with Gasteiger partial charge in [-0.2, -0.15) is 0 Å². The number of para-hydroxylation sites is 3. The van der Waals surface area contributed by atoms with Gasteiger partial charge in [0.15, 0.2) is 11.5 Å². The zero-order valence-corrected chi connectivity index (χ0v) is 19.5. The second kappa shape index (κ2) is 11.2. The molecule has 0 aliphatic carbocycles. The molecule has 7 heteroatoms. The van der Waals surface area contributed by atoms with E-state index < -0.39 is 0 Å². The molecule has 0 atom stereocenters. The summed E-state index contributed by atoms with van der Waals surface area (Å²) in [5, 5.41) is 2.98. The average molecular weight is 460 g/mol. The number of carbonyl (C=O) groups is 1. The van der Waals surface area contributed by atoms with Crippen molar-refractivity contribution in [2.45, 2.75) is 19.4 Å². The molecule has 3 aromatic carbocycles. The lowest BCUT2D eigenvalue weighted by molar-refractivity contribution is 0.0953. The predicted molar refractivity (Wildman–Crippen MR) is 132 cm³/mol. The van der Waals surface area contributed by atoms with Crippen molar-refractivity contribution in [3.8, 4) is 17.2 Å². The van der Waals surface area contributed by atoms with Crippen LogP contribution in [0.25, 0.3) is 11.0 Å². The standard InChI is InChI=1S/C27H29N3O4/c1-32-24-14-13-20(19-25(24)33-2)27(31)28-16-15-26-29-22-11-6-7-12-23(22)30(26)17-8-18-34-21-9-4-3-5-10-21/h3-7,9-14,19H,8,15-18H2,1-2H3,(H,28,31). The number of aromatic nitrogens is 2. The first kappa shape index (κ1) is 23.2. The average Bonchev–Trinajstić information content (AvgIpc) is 3.24. The Balaban J connectivity index is 1.38. The second-order valence-corrected chi connectivity index (χ2v) is 7.76. The Hall–Kier alpha value is -4.00. The van der Waals surface area contributed by atoms with Crippen LogP contribution >= 0.6 is 0 Å². The van der Waals surface area contributed by atoms with Gasteiger partial charge in [0.05, 0.1) is 31.9 Å². The highest BCUT2D eigenvalue weighted by Gasteiger charge is 2.13. The number of carbonyl (C=O) groups excluding carboxylic acids is 1. The SMILES string of the molecule is COc1ccc(C(=O)NCCc2nc3ccccc3n2CCCOc2ccccc2)cc1OC. The van der Waals surface area contributed by atoms with E-state index in [2.05, 4.69) is 16.0 Å². The molecule has 1 N–H and O–H groups in total. The van der Waals surface area contributed by atoms with E-state index in [1.807, 2.05) is 48.5 Å². The fourth-order valence-corrected chi connectivity index (χ4v) is 3.86. The van der Waals surface area contributed by atoms with Crippen molar-refractivity contribution < 1.29 is 19.0 Å². The molecule has 7 nitrogen and oxygen atoms in total. The number of fused-ring (bicyclic) bond motifs is 1. The molecule has 0 spiro atoms. The van der Waals surface area contributed by atoms with E-state index in [4.69, 9.17) is 19.2 Å². The van der Waals surface area contributed by atoms with Crippen molar-refractivity contribution >= 4 is 16.9 Å². The van der Waals surface area contributed by atoms with E-state index in [1.165, 1.54) is 0 Å². The molecule has 0 fully saturated rings. The summed E-state index contributed by atoms with van der Waals surface area (Å²) in [7, 11) is 3.12. The Morgan fingerprint density at radius 2 is 1.71 bits per heavy atom. The van der Waals surface area contributed by atoms with Crippen molar-refractivity contribution in [3.63, 3.8) is 0 Å². The molecule has 0 aliphatic heterocycles. The topological polar surface area (TPSA) is 74.6 Å². The molecule has 0 saturated carbocycles. The van der Waals surface area contributed by atoms with Crippen molar-refractivity contribution in [1.29, 1.82) is 0 Å². The number of rotatable bonds is 11. The van der Waals surface area contributed by atoms with Crippen LogP contribution in [-0.4, -0.2) is 42.8 Å². The Morgan fingerprint density at radius 1 is 0.941 bits per heavy atom. The number of benzene rings is 3. The summed E-state index contributed by atoms with van der Waals surface area (Å²) in [6.07, 6.45) is 1.47. The van der Waals surface area contributed by atoms with Gasteiger partial charge in [0.2, 0.25) is 0 Å². The van der Waals surface area contributed by atoms with Gasteiger partial charge in [-0.1, -0.05) is 30.3 Å². The molecule has 0 bridgehead atoms. The summed E-state index contributed by atoms with van der Waals surface area (Å²) >= 11 is 0. The molecular formula is C27H29N3O4. The maximum Gasteiger partial charge on any atom is 0.251 e. The van der Waals surface area contributed by atoms with Crippen LogP contribution in [0.2, 0.25) is 0 Å². The third kappa shape index (κ3) is 5.49. The minimum absolute atomic E-state index is 0.167. The van der Waals surface area contributed by atoms with Gasteiger partial charge in [0, 0.05) is 25.1 Å². The Bertz CT molecular complexity index is 1240. The van der Waals surface area contributed by atoms with Crippen LogP contribution in [0.3, 0.4) is 0 Å². The number of aryl methyl sites for hydroxylation is 1. The van der Waals surface area contributed by atoms with E-state index in [-0.39, 0.29) is 5.91 Å². The third-order valence-corrected chi connectivity index (χ3v) is 5.55. The van der Waals surface area contributed by atoms with Gasteiger partial charge in [-0.15, -0.1) is 0 Å². The zero-order chi connectivity index (χ0) is 23.8. The number of nitrogens with one attached hydrogen (secondary N) is 1. The van der Waals surface area contributed by atoms with E-state index in [9.17, 15) is 4.79 Å². The third-order valence-electron chi connectivity index (χ3n) is 5.55. The van der Waals surface area contributed by atoms with Crippen LogP contribution in [0.5, 0.6) is 17.2 Å². The lowest BCUT2D eigenvalue weighted by Gasteiger charge is -2.12. The van der Waals surface area contributed by atoms with Crippen molar-refractivity contribution in [3.05, 3.63) is 84.2 Å². The van der Waals surface area contributed by atoms with E-state index >= 15 is 0 Å². The molecular weight excluding hydrogens is 430 g/mol. The Kier molecular flexibility index (Phi) is 7.65. The first-order valence-electron chi connectivity index (χ1n) is 11.3. The predicted octanol–water partition coefficient (Wildman–Crippen LogP) is 4.50. The largest absolute Gasteiger partial charge is 0.494 e. The molecule has 0 saturated heterocycles. The number of hydrogen-bond donors (Lipinski definition) is 1. The maximum atomic E-state index is 12.7. The molecule has 4 aromatic rings. The fraction of sp³-hybridized carbons (Fsp3) is 0.259. The maximum absolute atomic E-state index is 12.7. The van der Waals surface area contributed by atoms with Gasteiger partial charge in [-0.25, -0.2) is 4.98 Å². The number of methoxy groups -OCH3 is 2. The van der Waals surface area contributed by atoms with Crippen LogP contribution in [0.1, 0.15) is 22.6 Å². The van der Waals surface area contributed by atoms with Gasteiger partial charge in [0.1, 0.15) is 11.6 Å². The number of nitrogens with zero attached hydrogens (tertiary/aromatic N) is 2. The molecule has 4 rings (SSSR count). The fourth-order valence-electron chi connectivity index (χ4n) is 3.86. The number of hydrogen-bond acceptors (Lipinski definition) is 5. The summed E-state index contributed by atoms with van der Waals surface area (Å²) in [4.78, 5) is 17.5. The highest BCUT2D eigenvalue weighted by molar-refractivity contribution is 5.94. The molecule has 176 valence electrons. The molecule has 0 aliphatic rings. The zero-order valence-electron chi connectivity index (χ0n) is 19.5. The van der Waals surface area contributed by atoms with E-state index in [0.717, 1.165) is 35.6 Å². The van der Waals surface area contributed by atoms with Crippen LogP contribution in [0, 0.1) is 0 Å².